The highest BCUT2D eigenvalue weighted by molar-refractivity contribution is 6.55. The average Bonchev–Trinajstić information content (AvgIpc) is 2.26. The first-order chi connectivity index (χ1) is 7.63. The van der Waals surface area contributed by atoms with Crippen LogP contribution >= 0.6 is 0 Å². The molecule has 0 saturated heterocycles. The van der Waals surface area contributed by atoms with E-state index in [-0.39, 0.29) is 19.0 Å². The van der Waals surface area contributed by atoms with Crippen LogP contribution in [0.3, 0.4) is 0 Å². The van der Waals surface area contributed by atoms with Crippen molar-refractivity contribution >= 4 is 20.2 Å². The van der Waals surface area contributed by atoms with E-state index in [2.05, 4.69) is 9.47 Å². The third-order valence-electron chi connectivity index (χ3n) is 1.83. The maximum Gasteiger partial charge on any atom is 0.293 e. The van der Waals surface area contributed by atoms with Crippen LogP contribution in [0.5, 0.6) is 5.75 Å². The molecule has 6 heteroatoms. The maximum atomic E-state index is 10.4. The molecule has 1 aromatic carbocycles. The van der Waals surface area contributed by atoms with Gasteiger partial charge in [-0.2, -0.15) is 0 Å². The van der Waals surface area contributed by atoms with Gasteiger partial charge in [-0.3, -0.25) is 9.59 Å². The second-order valence-electron chi connectivity index (χ2n) is 2.98. The van der Waals surface area contributed by atoms with Gasteiger partial charge in [0.2, 0.25) is 13.7 Å². The van der Waals surface area contributed by atoms with Crippen molar-refractivity contribution < 1.29 is 24.2 Å². The standard InChI is InChI=1S/C10H9BO5/c11-10(14)16-5-8-3-7(4-15-6-12)1-2-9(8)13/h1-3,6,13H,4-5H2. The molecule has 1 aromatic rings. The second kappa shape index (κ2) is 5.80. The van der Waals surface area contributed by atoms with Crippen LogP contribution in [0, 0.1) is 0 Å². The third-order valence-corrected chi connectivity index (χ3v) is 1.83. The Bertz CT molecular complexity index is 391. The SMILES string of the molecule is [B]C(=O)OCc1cc(COC=O)ccc1O. The summed E-state index contributed by atoms with van der Waals surface area (Å²) < 4.78 is 9.08. The molecule has 0 aliphatic rings. The maximum absolute atomic E-state index is 10.4. The number of hydrogen-bond donors (Lipinski definition) is 1. The van der Waals surface area contributed by atoms with Gasteiger partial charge in [-0.1, -0.05) is 6.07 Å². The van der Waals surface area contributed by atoms with Crippen LogP contribution in [0.4, 0.5) is 4.79 Å². The van der Waals surface area contributed by atoms with E-state index in [9.17, 15) is 14.7 Å². The first-order valence-electron chi connectivity index (χ1n) is 4.41. The number of ether oxygens (including phenoxy) is 2. The lowest BCUT2D eigenvalue weighted by Gasteiger charge is -2.07. The monoisotopic (exact) mass is 220 g/mol. The van der Waals surface area contributed by atoms with Crippen LogP contribution in [0.1, 0.15) is 11.1 Å². The summed E-state index contributed by atoms with van der Waals surface area (Å²) in [6.45, 7) is 0.288. The van der Waals surface area contributed by atoms with E-state index in [0.29, 0.717) is 17.6 Å². The number of phenolic OH excluding ortho intramolecular Hbond substituents is 1. The zero-order valence-corrected chi connectivity index (χ0v) is 8.38. The largest absolute Gasteiger partial charge is 0.508 e. The van der Waals surface area contributed by atoms with Gasteiger partial charge in [0.1, 0.15) is 19.0 Å². The fourth-order valence-electron chi connectivity index (χ4n) is 1.12. The molecule has 16 heavy (non-hydrogen) atoms. The molecule has 0 aliphatic heterocycles. The van der Waals surface area contributed by atoms with Gasteiger partial charge in [0, 0.05) is 5.56 Å². The Hall–Kier alpha value is -1.98. The van der Waals surface area contributed by atoms with Crippen LogP contribution in [0.25, 0.3) is 0 Å². The van der Waals surface area contributed by atoms with E-state index in [1.54, 1.807) is 12.1 Å². The molecular formula is C10H9BO5. The lowest BCUT2D eigenvalue weighted by molar-refractivity contribution is -0.129. The molecule has 0 heterocycles. The quantitative estimate of drug-likeness (QED) is 0.588. The molecule has 0 atom stereocenters. The van der Waals surface area contributed by atoms with Crippen LogP contribution in [-0.4, -0.2) is 25.3 Å². The molecular weight excluding hydrogens is 211 g/mol. The Morgan fingerprint density at radius 1 is 1.44 bits per heavy atom. The number of phenols is 1. The van der Waals surface area contributed by atoms with Crippen molar-refractivity contribution in [3.05, 3.63) is 29.3 Å². The van der Waals surface area contributed by atoms with E-state index in [1.165, 1.54) is 6.07 Å². The minimum Gasteiger partial charge on any atom is -0.508 e. The van der Waals surface area contributed by atoms with Crippen LogP contribution in [0.15, 0.2) is 18.2 Å². The summed E-state index contributed by atoms with van der Waals surface area (Å²) in [4.78, 5) is 20.4. The summed E-state index contributed by atoms with van der Waals surface area (Å²) >= 11 is 0. The first kappa shape index (κ1) is 12.1. The smallest absolute Gasteiger partial charge is 0.293 e. The van der Waals surface area contributed by atoms with E-state index in [1.807, 2.05) is 0 Å². The normalized spacial score (nSPS) is 9.50. The molecule has 0 unspecified atom stereocenters. The zero-order chi connectivity index (χ0) is 12.0. The van der Waals surface area contributed by atoms with Crippen molar-refractivity contribution in [2.75, 3.05) is 0 Å². The summed E-state index contributed by atoms with van der Waals surface area (Å²) in [5.74, 6) is -0.940. The Balaban J connectivity index is 2.73. The highest BCUT2D eigenvalue weighted by Crippen LogP contribution is 2.19. The number of carbonyl (C=O) groups is 2. The van der Waals surface area contributed by atoms with Crippen molar-refractivity contribution in [2.24, 2.45) is 0 Å². The van der Waals surface area contributed by atoms with Crippen molar-refractivity contribution in [1.82, 2.24) is 0 Å². The molecule has 0 saturated carbocycles. The van der Waals surface area contributed by atoms with Gasteiger partial charge in [0.15, 0.2) is 0 Å². The lowest BCUT2D eigenvalue weighted by atomic mass is 10.1. The summed E-state index contributed by atoms with van der Waals surface area (Å²) in [6.07, 6.45) is 0. The predicted molar refractivity (Wildman–Crippen MR) is 54.9 cm³/mol. The molecule has 0 bridgehead atoms. The molecule has 0 fully saturated rings. The van der Waals surface area contributed by atoms with Gasteiger partial charge in [-0.15, -0.1) is 0 Å². The summed E-state index contributed by atoms with van der Waals surface area (Å²) in [5.41, 5.74) is 1.07. The summed E-state index contributed by atoms with van der Waals surface area (Å²) in [6, 6.07) is 4.57. The highest BCUT2D eigenvalue weighted by atomic mass is 16.5. The second-order valence-corrected chi connectivity index (χ2v) is 2.98. The number of aromatic hydroxyl groups is 1. The Kier molecular flexibility index (Phi) is 4.38. The first-order valence-corrected chi connectivity index (χ1v) is 4.41. The van der Waals surface area contributed by atoms with Gasteiger partial charge in [0.25, 0.3) is 6.47 Å². The Morgan fingerprint density at radius 2 is 2.19 bits per heavy atom. The zero-order valence-electron chi connectivity index (χ0n) is 8.38. The molecule has 0 spiro atoms. The third kappa shape index (κ3) is 3.64. The topological polar surface area (TPSA) is 72.8 Å². The highest BCUT2D eigenvalue weighted by Gasteiger charge is 2.04. The van der Waals surface area contributed by atoms with E-state index in [4.69, 9.17) is 7.85 Å². The molecule has 1 N–H and O–H groups in total. The van der Waals surface area contributed by atoms with E-state index >= 15 is 0 Å². The molecule has 0 aliphatic carbocycles. The van der Waals surface area contributed by atoms with Crippen molar-refractivity contribution in [2.45, 2.75) is 13.2 Å². The molecule has 5 nitrogen and oxygen atoms in total. The van der Waals surface area contributed by atoms with E-state index < -0.39 is 5.87 Å². The number of rotatable bonds is 5. The van der Waals surface area contributed by atoms with Crippen LogP contribution in [0.2, 0.25) is 0 Å². The number of benzene rings is 1. The number of carbonyl (C=O) groups excluding carboxylic acids is 2. The molecule has 0 amide bonds. The van der Waals surface area contributed by atoms with Gasteiger partial charge in [-0.25, -0.2) is 0 Å². The number of hydrogen-bond acceptors (Lipinski definition) is 5. The average molecular weight is 220 g/mol. The Labute approximate surface area is 93.4 Å². The van der Waals surface area contributed by atoms with Crippen molar-refractivity contribution in [3.63, 3.8) is 0 Å². The summed E-state index contributed by atoms with van der Waals surface area (Å²) in [7, 11) is 4.79. The molecule has 2 radical (unpaired) electrons. The van der Waals surface area contributed by atoms with Gasteiger partial charge < -0.3 is 14.6 Å². The minimum absolute atomic E-state index is 0.0175. The minimum atomic E-state index is -0.922. The predicted octanol–water partition coefficient (Wildman–Crippen LogP) is 0.870. The summed E-state index contributed by atoms with van der Waals surface area (Å²) in [5, 5.41) is 9.43. The van der Waals surface area contributed by atoms with Crippen molar-refractivity contribution in [1.29, 1.82) is 0 Å². The Morgan fingerprint density at radius 3 is 2.81 bits per heavy atom. The van der Waals surface area contributed by atoms with Gasteiger partial charge in [-0.05, 0) is 17.7 Å². The fourth-order valence-corrected chi connectivity index (χ4v) is 1.12. The molecule has 82 valence electrons. The van der Waals surface area contributed by atoms with Gasteiger partial charge in [0.05, 0.1) is 0 Å². The van der Waals surface area contributed by atoms with Crippen LogP contribution in [-0.2, 0) is 27.5 Å². The van der Waals surface area contributed by atoms with Crippen molar-refractivity contribution in [3.8, 4) is 5.75 Å². The van der Waals surface area contributed by atoms with Crippen LogP contribution < -0.4 is 0 Å². The lowest BCUT2D eigenvalue weighted by Crippen LogP contribution is -2.02. The molecule has 0 aromatic heterocycles. The molecule has 1 rings (SSSR count). The van der Waals surface area contributed by atoms with Gasteiger partial charge >= 0.3 is 0 Å². The fraction of sp³-hybridized carbons (Fsp3) is 0.200. The van der Waals surface area contributed by atoms with E-state index in [0.717, 1.165) is 0 Å².